The fourth-order valence-corrected chi connectivity index (χ4v) is 1.58. The van der Waals surface area contributed by atoms with Crippen LogP contribution in [0, 0.1) is 5.82 Å². The van der Waals surface area contributed by atoms with Crippen molar-refractivity contribution in [2.45, 2.75) is 6.61 Å². The van der Waals surface area contributed by atoms with Crippen molar-refractivity contribution < 1.29 is 18.6 Å². The molecule has 1 aromatic rings. The molecule has 0 fully saturated rings. The van der Waals surface area contributed by atoms with Gasteiger partial charge in [-0.05, 0) is 6.07 Å². The summed E-state index contributed by atoms with van der Waals surface area (Å²) in [6, 6.07) is 4.89. The Morgan fingerprint density at radius 3 is 2.58 bits per heavy atom. The molecule has 0 heterocycles. The Balaban J connectivity index is 2.33. The third-order valence-corrected chi connectivity index (χ3v) is 2.63. The Bertz CT molecular complexity index is 415. The highest BCUT2D eigenvalue weighted by Crippen LogP contribution is 2.13. The van der Waals surface area contributed by atoms with Crippen LogP contribution in [0.4, 0.5) is 4.39 Å². The molecule has 19 heavy (non-hydrogen) atoms. The average molecular weight is 287 g/mol. The number of methoxy groups -OCH3 is 1. The van der Waals surface area contributed by atoms with Gasteiger partial charge >= 0.3 is 0 Å². The van der Waals surface area contributed by atoms with E-state index < -0.39 is 5.82 Å². The lowest BCUT2D eigenvalue weighted by molar-refractivity contribution is 0.0194. The minimum atomic E-state index is -0.421. The maximum atomic E-state index is 13.9. The van der Waals surface area contributed by atoms with Crippen LogP contribution in [0.3, 0.4) is 0 Å². The molecular weight excluding hydrogens is 269 g/mol. The monoisotopic (exact) mass is 287 g/mol. The van der Waals surface area contributed by atoms with Crippen molar-refractivity contribution in [3.8, 4) is 0 Å². The normalized spacial score (nSPS) is 10.6. The fraction of sp³-hybridized carbons (Fsp3) is 0.462. The molecule has 0 saturated heterocycles. The van der Waals surface area contributed by atoms with Crippen LogP contribution in [0.1, 0.15) is 11.1 Å². The van der Waals surface area contributed by atoms with Crippen molar-refractivity contribution in [1.82, 2.24) is 0 Å². The standard InChI is InChI=1S/C13H18FNO3S/c1-16-5-6-17-7-8-18-9-10-3-2-4-11(12(10)14)13(15)19/h2-4H,5-9H2,1H3,(H2,15,19). The summed E-state index contributed by atoms with van der Waals surface area (Å²) in [6.07, 6.45) is 0. The van der Waals surface area contributed by atoms with Crippen LogP contribution in [-0.4, -0.2) is 38.5 Å². The van der Waals surface area contributed by atoms with E-state index in [-0.39, 0.29) is 17.2 Å². The number of rotatable bonds is 9. The van der Waals surface area contributed by atoms with Crippen LogP contribution in [0.15, 0.2) is 18.2 Å². The van der Waals surface area contributed by atoms with Gasteiger partial charge in [-0.1, -0.05) is 24.4 Å². The molecule has 0 aliphatic rings. The fourth-order valence-electron chi connectivity index (χ4n) is 1.43. The third kappa shape index (κ3) is 5.61. The molecule has 4 nitrogen and oxygen atoms in total. The molecular formula is C13H18FNO3S. The first kappa shape index (κ1) is 16.0. The second-order valence-electron chi connectivity index (χ2n) is 3.80. The second-order valence-corrected chi connectivity index (χ2v) is 4.24. The molecule has 0 unspecified atom stereocenters. The van der Waals surface area contributed by atoms with Crippen molar-refractivity contribution in [2.24, 2.45) is 5.73 Å². The van der Waals surface area contributed by atoms with Crippen molar-refractivity contribution in [3.63, 3.8) is 0 Å². The molecule has 0 radical (unpaired) electrons. The lowest BCUT2D eigenvalue weighted by Crippen LogP contribution is -2.13. The summed E-state index contributed by atoms with van der Waals surface area (Å²) < 4.78 is 29.3. The summed E-state index contributed by atoms with van der Waals surface area (Å²) in [5.74, 6) is -0.421. The highest BCUT2D eigenvalue weighted by molar-refractivity contribution is 7.80. The number of hydrogen-bond donors (Lipinski definition) is 1. The first-order valence-electron chi connectivity index (χ1n) is 5.88. The Labute approximate surface area is 117 Å². The van der Waals surface area contributed by atoms with E-state index >= 15 is 0 Å². The number of thiocarbonyl (C=S) groups is 1. The van der Waals surface area contributed by atoms with Crippen LogP contribution in [-0.2, 0) is 20.8 Å². The van der Waals surface area contributed by atoms with Crippen LogP contribution in [0.2, 0.25) is 0 Å². The van der Waals surface area contributed by atoms with Gasteiger partial charge in [0.1, 0.15) is 10.8 Å². The molecule has 0 bridgehead atoms. The molecule has 0 amide bonds. The summed E-state index contributed by atoms with van der Waals surface area (Å²) in [7, 11) is 1.61. The molecule has 6 heteroatoms. The average Bonchev–Trinajstić information content (AvgIpc) is 2.39. The number of benzene rings is 1. The minimum absolute atomic E-state index is 0.0437. The molecule has 0 atom stereocenters. The quantitative estimate of drug-likeness (QED) is 0.553. The van der Waals surface area contributed by atoms with Gasteiger partial charge in [0.15, 0.2) is 0 Å². The third-order valence-electron chi connectivity index (χ3n) is 2.41. The largest absolute Gasteiger partial charge is 0.389 e. The van der Waals surface area contributed by atoms with Gasteiger partial charge in [-0.15, -0.1) is 0 Å². The number of nitrogens with two attached hydrogens (primary N) is 1. The Morgan fingerprint density at radius 1 is 1.21 bits per heavy atom. The van der Waals surface area contributed by atoms with Crippen molar-refractivity contribution >= 4 is 17.2 Å². The van der Waals surface area contributed by atoms with Gasteiger partial charge < -0.3 is 19.9 Å². The van der Waals surface area contributed by atoms with Crippen molar-refractivity contribution in [3.05, 3.63) is 35.1 Å². The van der Waals surface area contributed by atoms with E-state index in [0.717, 1.165) is 0 Å². The summed E-state index contributed by atoms with van der Waals surface area (Å²) >= 11 is 4.77. The van der Waals surface area contributed by atoms with Crippen LogP contribution >= 0.6 is 12.2 Å². The Morgan fingerprint density at radius 2 is 1.89 bits per heavy atom. The maximum Gasteiger partial charge on any atom is 0.138 e. The molecule has 0 aliphatic carbocycles. The summed E-state index contributed by atoms with van der Waals surface area (Å²) in [5, 5.41) is 0. The molecule has 1 aromatic carbocycles. The molecule has 0 aromatic heterocycles. The first-order chi connectivity index (χ1) is 9.16. The summed E-state index contributed by atoms with van der Waals surface area (Å²) in [5.41, 5.74) is 6.10. The van der Waals surface area contributed by atoms with Gasteiger partial charge in [-0.25, -0.2) is 4.39 Å². The molecule has 106 valence electrons. The highest BCUT2D eigenvalue weighted by Gasteiger charge is 2.09. The lowest BCUT2D eigenvalue weighted by Gasteiger charge is -2.08. The van der Waals surface area contributed by atoms with E-state index in [1.54, 1.807) is 25.3 Å². The molecule has 0 saturated carbocycles. The maximum absolute atomic E-state index is 13.9. The van der Waals surface area contributed by atoms with Crippen molar-refractivity contribution in [2.75, 3.05) is 33.5 Å². The van der Waals surface area contributed by atoms with Gasteiger partial charge in [0.25, 0.3) is 0 Å². The van der Waals surface area contributed by atoms with Gasteiger partial charge in [-0.3, -0.25) is 0 Å². The van der Waals surface area contributed by atoms with Crippen LogP contribution in [0.5, 0.6) is 0 Å². The van der Waals surface area contributed by atoms with E-state index in [1.807, 2.05) is 0 Å². The number of halogens is 1. The van der Waals surface area contributed by atoms with Gasteiger partial charge in [0.05, 0.1) is 33.0 Å². The zero-order chi connectivity index (χ0) is 14.1. The topological polar surface area (TPSA) is 53.7 Å². The summed E-state index contributed by atoms with van der Waals surface area (Å²) in [6.45, 7) is 2.06. The molecule has 0 spiro atoms. The molecule has 2 N–H and O–H groups in total. The highest BCUT2D eigenvalue weighted by atomic mass is 32.1. The molecule has 1 rings (SSSR count). The van der Waals surface area contributed by atoms with E-state index in [1.165, 1.54) is 0 Å². The number of hydrogen-bond acceptors (Lipinski definition) is 4. The smallest absolute Gasteiger partial charge is 0.138 e. The second kappa shape index (κ2) is 8.92. The predicted octanol–water partition coefficient (Wildman–Crippen LogP) is 1.64. The summed E-state index contributed by atoms with van der Waals surface area (Å²) in [4.78, 5) is 0.0437. The van der Waals surface area contributed by atoms with Crippen LogP contribution in [0.25, 0.3) is 0 Å². The van der Waals surface area contributed by atoms with Gasteiger partial charge in [0.2, 0.25) is 0 Å². The Hall–Kier alpha value is -1.08. The lowest BCUT2D eigenvalue weighted by atomic mass is 10.1. The molecule has 0 aliphatic heterocycles. The predicted molar refractivity (Wildman–Crippen MR) is 74.6 cm³/mol. The number of ether oxygens (including phenoxy) is 3. The van der Waals surface area contributed by atoms with Gasteiger partial charge in [0, 0.05) is 18.2 Å². The van der Waals surface area contributed by atoms with E-state index in [2.05, 4.69) is 0 Å². The zero-order valence-corrected chi connectivity index (χ0v) is 11.7. The van der Waals surface area contributed by atoms with Gasteiger partial charge in [-0.2, -0.15) is 0 Å². The zero-order valence-electron chi connectivity index (χ0n) is 10.9. The Kier molecular flexibility index (Phi) is 7.50. The first-order valence-corrected chi connectivity index (χ1v) is 6.29. The minimum Gasteiger partial charge on any atom is -0.389 e. The van der Waals surface area contributed by atoms with Crippen LogP contribution < -0.4 is 5.73 Å². The SMILES string of the molecule is COCCOCCOCc1cccc(C(N)=S)c1F. The van der Waals surface area contributed by atoms with E-state index in [4.69, 9.17) is 32.2 Å². The van der Waals surface area contributed by atoms with E-state index in [0.29, 0.717) is 32.0 Å². The van der Waals surface area contributed by atoms with Crippen molar-refractivity contribution in [1.29, 1.82) is 0 Å². The van der Waals surface area contributed by atoms with E-state index in [9.17, 15) is 4.39 Å².